The Morgan fingerprint density at radius 2 is 2.00 bits per heavy atom. The number of amides is 1. The summed E-state index contributed by atoms with van der Waals surface area (Å²) >= 11 is 0. The Balaban J connectivity index is 0. The number of hydrogen-bond donors (Lipinski definition) is 3. The van der Waals surface area contributed by atoms with E-state index < -0.39 is 22.5 Å². The van der Waals surface area contributed by atoms with Crippen LogP contribution in [0.25, 0.3) is 0 Å². The van der Waals surface area contributed by atoms with Gasteiger partial charge in [-0.15, -0.1) is 0 Å². The van der Waals surface area contributed by atoms with Crippen LogP contribution in [-0.2, 0) is 14.9 Å². The molecule has 1 aliphatic heterocycles. The molecule has 6 nitrogen and oxygen atoms in total. The topological polar surface area (TPSA) is 104 Å². The summed E-state index contributed by atoms with van der Waals surface area (Å²) in [6.07, 6.45) is 1.76. The molecule has 0 aromatic carbocycles. The first-order chi connectivity index (χ1) is 5.95. The minimum atomic E-state index is -3.92. The minimum absolute atomic E-state index is 0. The molecule has 1 saturated heterocycles. The molecular weight excluding hydrogens is 221 g/mol. The number of rotatable bonds is 2. The molecule has 0 saturated carbocycles. The van der Waals surface area contributed by atoms with Crippen LogP contribution >= 0.6 is 0 Å². The molecule has 0 aromatic heterocycles. The van der Waals surface area contributed by atoms with Crippen LogP contribution in [0.1, 0.15) is 12.8 Å². The van der Waals surface area contributed by atoms with Crippen molar-refractivity contribution in [2.75, 3.05) is 18.9 Å². The Bertz CT molecular complexity index is 245. The van der Waals surface area contributed by atoms with Crippen LogP contribution in [0.4, 0.5) is 0 Å². The Morgan fingerprint density at radius 1 is 1.43 bits per heavy atom. The molecule has 1 amide bonds. The molecule has 0 aromatic rings. The van der Waals surface area contributed by atoms with Gasteiger partial charge < -0.3 is 10.4 Å². The number of nitrogens with one attached hydrogen (secondary N) is 1. The summed E-state index contributed by atoms with van der Waals surface area (Å²) < 4.78 is 27.1. The number of hydrogen-bond acceptors (Lipinski definition) is 4. The maximum atomic E-state index is 10.1. The molecule has 1 aliphatic rings. The SMILES string of the molecule is O=C1CCCN1.O=S(=O)(O)CCO.[NaH]. The predicted molar refractivity (Wildman–Crippen MR) is 52.9 cm³/mol. The normalized spacial score (nSPS) is 14.9. The molecule has 0 atom stereocenters. The van der Waals surface area contributed by atoms with Gasteiger partial charge in [0.1, 0.15) is 0 Å². The van der Waals surface area contributed by atoms with Gasteiger partial charge in [0.25, 0.3) is 10.1 Å². The van der Waals surface area contributed by atoms with E-state index in [1.807, 2.05) is 0 Å². The van der Waals surface area contributed by atoms with E-state index in [4.69, 9.17) is 9.66 Å². The predicted octanol–water partition coefficient (Wildman–Crippen LogP) is -1.89. The molecule has 1 fully saturated rings. The Morgan fingerprint density at radius 3 is 2.07 bits per heavy atom. The van der Waals surface area contributed by atoms with Crippen molar-refractivity contribution in [1.29, 1.82) is 0 Å². The van der Waals surface area contributed by atoms with E-state index in [1.54, 1.807) is 0 Å². The molecule has 8 heteroatoms. The Labute approximate surface area is 105 Å². The number of aliphatic hydroxyl groups is 1. The van der Waals surface area contributed by atoms with Gasteiger partial charge in [0, 0.05) is 13.0 Å². The fraction of sp³-hybridized carbons (Fsp3) is 0.833. The van der Waals surface area contributed by atoms with Crippen LogP contribution in [-0.4, -0.2) is 72.4 Å². The maximum absolute atomic E-state index is 10.1. The van der Waals surface area contributed by atoms with Gasteiger partial charge in [-0.2, -0.15) is 8.42 Å². The summed E-state index contributed by atoms with van der Waals surface area (Å²) in [5.41, 5.74) is 0. The first-order valence-corrected chi connectivity index (χ1v) is 5.39. The quantitative estimate of drug-likeness (QED) is 0.383. The molecule has 0 bridgehead atoms. The standard InChI is InChI=1S/C4H7NO.C2H6O4S.Na.H/c6-4-2-1-3-5-4;3-1-2-7(4,5)6;;/h1-3H2,(H,5,6);3H,1-2H2,(H,4,5,6);;. The van der Waals surface area contributed by atoms with E-state index in [-0.39, 0.29) is 35.5 Å². The summed E-state index contributed by atoms with van der Waals surface area (Å²) in [6.45, 7) is 0.359. The van der Waals surface area contributed by atoms with Crippen molar-refractivity contribution in [2.24, 2.45) is 0 Å². The Hall–Kier alpha value is 0.340. The van der Waals surface area contributed by atoms with Gasteiger partial charge in [0.05, 0.1) is 12.4 Å². The first-order valence-electron chi connectivity index (χ1n) is 3.78. The third-order valence-electron chi connectivity index (χ3n) is 1.25. The average Bonchev–Trinajstić information content (AvgIpc) is 2.38. The molecule has 0 radical (unpaired) electrons. The van der Waals surface area contributed by atoms with Gasteiger partial charge in [0.2, 0.25) is 5.91 Å². The van der Waals surface area contributed by atoms with E-state index in [0.29, 0.717) is 0 Å². The second-order valence-electron chi connectivity index (χ2n) is 2.46. The average molecular weight is 235 g/mol. The van der Waals surface area contributed by atoms with Crippen LogP contribution in [0.5, 0.6) is 0 Å². The number of carbonyl (C=O) groups is 1. The fourth-order valence-electron chi connectivity index (χ4n) is 0.681. The third-order valence-corrected chi connectivity index (χ3v) is 1.95. The monoisotopic (exact) mass is 235 g/mol. The van der Waals surface area contributed by atoms with E-state index >= 15 is 0 Å². The van der Waals surface area contributed by atoms with E-state index in [0.717, 1.165) is 19.4 Å². The molecule has 1 rings (SSSR count). The van der Waals surface area contributed by atoms with Gasteiger partial charge in [-0.1, -0.05) is 0 Å². The van der Waals surface area contributed by atoms with Gasteiger partial charge >= 0.3 is 29.6 Å². The molecule has 3 N–H and O–H groups in total. The van der Waals surface area contributed by atoms with E-state index in [9.17, 15) is 13.2 Å². The summed E-state index contributed by atoms with van der Waals surface area (Å²) in [7, 11) is -3.92. The molecule has 1 heterocycles. The molecule has 0 unspecified atom stereocenters. The van der Waals surface area contributed by atoms with Crippen LogP contribution in [0.15, 0.2) is 0 Å². The molecule has 14 heavy (non-hydrogen) atoms. The van der Waals surface area contributed by atoms with Gasteiger partial charge in [-0.25, -0.2) is 0 Å². The zero-order valence-corrected chi connectivity index (χ0v) is 7.88. The number of carbonyl (C=O) groups excluding carboxylic acids is 1. The summed E-state index contributed by atoms with van der Waals surface area (Å²) in [6, 6.07) is 0. The third kappa shape index (κ3) is 12.3. The zero-order chi connectivity index (χ0) is 10.3. The van der Waals surface area contributed by atoms with Crippen LogP contribution in [0, 0.1) is 0 Å². The van der Waals surface area contributed by atoms with Crippen molar-refractivity contribution in [1.82, 2.24) is 5.32 Å². The summed E-state index contributed by atoms with van der Waals surface area (Å²) in [5.74, 6) is -0.373. The van der Waals surface area contributed by atoms with E-state index in [1.165, 1.54) is 0 Å². The summed E-state index contributed by atoms with van der Waals surface area (Å²) in [5, 5.41) is 10.5. The molecule has 0 spiro atoms. The van der Waals surface area contributed by atoms with Crippen LogP contribution in [0.2, 0.25) is 0 Å². The summed E-state index contributed by atoms with van der Waals surface area (Å²) in [4.78, 5) is 10.1. The van der Waals surface area contributed by atoms with Gasteiger partial charge in [-0.05, 0) is 6.42 Å². The van der Waals surface area contributed by atoms with Gasteiger partial charge in [0.15, 0.2) is 0 Å². The van der Waals surface area contributed by atoms with Crippen molar-refractivity contribution in [2.45, 2.75) is 12.8 Å². The Kier molecular flexibility index (Phi) is 10.3. The number of aliphatic hydroxyl groups excluding tert-OH is 1. The van der Waals surface area contributed by atoms with Crippen LogP contribution < -0.4 is 5.32 Å². The van der Waals surface area contributed by atoms with Gasteiger partial charge in [-0.3, -0.25) is 9.35 Å². The van der Waals surface area contributed by atoms with Crippen molar-refractivity contribution in [3.8, 4) is 0 Å². The molecular formula is C6H14NNaO5S. The fourth-order valence-corrected chi connectivity index (χ4v) is 0.911. The first kappa shape index (κ1) is 16.8. The zero-order valence-electron chi connectivity index (χ0n) is 7.06. The second kappa shape index (κ2) is 8.63. The second-order valence-corrected chi connectivity index (χ2v) is 4.04. The van der Waals surface area contributed by atoms with Crippen molar-refractivity contribution >= 4 is 45.6 Å². The molecule has 80 valence electrons. The van der Waals surface area contributed by atoms with Crippen LogP contribution in [0.3, 0.4) is 0 Å². The van der Waals surface area contributed by atoms with Crippen molar-refractivity contribution < 1.29 is 22.9 Å². The molecule has 0 aliphatic carbocycles. The van der Waals surface area contributed by atoms with Crippen molar-refractivity contribution in [3.05, 3.63) is 0 Å². The van der Waals surface area contributed by atoms with E-state index in [2.05, 4.69) is 5.32 Å². The van der Waals surface area contributed by atoms with Crippen molar-refractivity contribution in [3.63, 3.8) is 0 Å².